The zero-order valence-corrected chi connectivity index (χ0v) is 8.22. The number of aliphatic hydroxyl groups excluding tert-OH is 1. The second-order valence-corrected chi connectivity index (χ2v) is 3.30. The molecule has 0 saturated heterocycles. The van der Waals surface area contributed by atoms with Crippen molar-refractivity contribution in [3.05, 3.63) is 29.3 Å². The van der Waals surface area contributed by atoms with Crippen molar-refractivity contribution in [3.63, 3.8) is 0 Å². The summed E-state index contributed by atoms with van der Waals surface area (Å²) >= 11 is 5.73. The number of hydrogen-bond acceptors (Lipinski definition) is 2. The summed E-state index contributed by atoms with van der Waals surface area (Å²) < 4.78 is 0. The van der Waals surface area contributed by atoms with Crippen LogP contribution < -0.4 is 5.32 Å². The van der Waals surface area contributed by atoms with Crippen LogP contribution >= 0.6 is 11.6 Å². The molecule has 13 heavy (non-hydrogen) atoms. The summed E-state index contributed by atoms with van der Waals surface area (Å²) in [4.78, 5) is 0. The Morgan fingerprint density at radius 1 is 1.15 bits per heavy atom. The van der Waals surface area contributed by atoms with Crippen molar-refractivity contribution in [2.24, 2.45) is 0 Å². The second-order valence-electron chi connectivity index (χ2n) is 2.86. The summed E-state index contributed by atoms with van der Waals surface area (Å²) in [6.07, 6.45) is 1.83. The van der Waals surface area contributed by atoms with Gasteiger partial charge in [-0.05, 0) is 37.1 Å². The third-order valence-corrected chi connectivity index (χ3v) is 2.01. The van der Waals surface area contributed by atoms with Gasteiger partial charge in [0.2, 0.25) is 0 Å². The number of nitrogens with one attached hydrogen (secondary N) is 1. The van der Waals surface area contributed by atoms with Crippen LogP contribution in [0.25, 0.3) is 0 Å². The van der Waals surface area contributed by atoms with E-state index in [9.17, 15) is 0 Å². The molecule has 1 aromatic carbocycles. The van der Waals surface area contributed by atoms with Gasteiger partial charge >= 0.3 is 0 Å². The molecule has 0 atom stereocenters. The zero-order chi connectivity index (χ0) is 9.52. The number of hydrogen-bond donors (Lipinski definition) is 2. The van der Waals surface area contributed by atoms with Gasteiger partial charge in [0, 0.05) is 23.9 Å². The molecule has 0 heterocycles. The highest BCUT2D eigenvalue weighted by molar-refractivity contribution is 6.30. The number of anilines is 1. The molecule has 0 aliphatic carbocycles. The SMILES string of the molecule is OCCCCNc1ccc(Cl)cc1. The van der Waals surface area contributed by atoms with Crippen molar-refractivity contribution in [2.75, 3.05) is 18.5 Å². The van der Waals surface area contributed by atoms with Crippen LogP contribution in [0.3, 0.4) is 0 Å². The third kappa shape index (κ3) is 4.15. The summed E-state index contributed by atoms with van der Waals surface area (Å²) in [7, 11) is 0. The van der Waals surface area contributed by atoms with E-state index in [4.69, 9.17) is 16.7 Å². The van der Waals surface area contributed by atoms with E-state index in [2.05, 4.69) is 5.32 Å². The summed E-state index contributed by atoms with van der Waals surface area (Å²) in [6.45, 7) is 1.16. The predicted molar refractivity (Wildman–Crippen MR) is 56.3 cm³/mol. The number of unbranched alkanes of at least 4 members (excludes halogenated alkanes) is 1. The molecule has 0 bridgehead atoms. The molecule has 0 aliphatic rings. The van der Waals surface area contributed by atoms with Crippen molar-refractivity contribution < 1.29 is 5.11 Å². The first-order valence-electron chi connectivity index (χ1n) is 4.43. The van der Waals surface area contributed by atoms with Crippen LogP contribution in [0.4, 0.5) is 5.69 Å². The van der Waals surface area contributed by atoms with Crippen LogP contribution in [0.5, 0.6) is 0 Å². The van der Waals surface area contributed by atoms with E-state index in [0.717, 1.165) is 30.1 Å². The molecule has 0 saturated carbocycles. The summed E-state index contributed by atoms with van der Waals surface area (Å²) in [5, 5.41) is 12.5. The fraction of sp³-hybridized carbons (Fsp3) is 0.400. The van der Waals surface area contributed by atoms with E-state index < -0.39 is 0 Å². The Hall–Kier alpha value is -0.730. The Balaban J connectivity index is 2.25. The van der Waals surface area contributed by atoms with Gasteiger partial charge in [-0.3, -0.25) is 0 Å². The first-order chi connectivity index (χ1) is 6.33. The smallest absolute Gasteiger partial charge is 0.0431 e. The molecular weight excluding hydrogens is 186 g/mol. The minimum Gasteiger partial charge on any atom is -0.396 e. The Bertz CT molecular complexity index is 235. The molecular formula is C10H14ClNO. The third-order valence-electron chi connectivity index (χ3n) is 1.76. The van der Waals surface area contributed by atoms with E-state index >= 15 is 0 Å². The second kappa shape index (κ2) is 5.84. The molecule has 0 unspecified atom stereocenters. The lowest BCUT2D eigenvalue weighted by molar-refractivity contribution is 0.286. The van der Waals surface area contributed by atoms with Crippen LogP contribution in [0.15, 0.2) is 24.3 Å². The molecule has 3 heteroatoms. The quantitative estimate of drug-likeness (QED) is 0.715. The zero-order valence-electron chi connectivity index (χ0n) is 7.46. The highest BCUT2D eigenvalue weighted by atomic mass is 35.5. The van der Waals surface area contributed by atoms with Crippen LogP contribution in [0.1, 0.15) is 12.8 Å². The van der Waals surface area contributed by atoms with Crippen molar-refractivity contribution in [1.29, 1.82) is 0 Å². The lowest BCUT2D eigenvalue weighted by Crippen LogP contribution is -2.01. The average Bonchev–Trinajstić information content (AvgIpc) is 2.15. The normalized spacial score (nSPS) is 10.0. The van der Waals surface area contributed by atoms with E-state index in [0.29, 0.717) is 0 Å². The fourth-order valence-corrected chi connectivity index (χ4v) is 1.16. The molecule has 0 radical (unpaired) electrons. The number of halogens is 1. The van der Waals surface area contributed by atoms with Crippen molar-refractivity contribution in [3.8, 4) is 0 Å². The first-order valence-corrected chi connectivity index (χ1v) is 4.81. The van der Waals surface area contributed by atoms with Gasteiger partial charge in [-0.25, -0.2) is 0 Å². The van der Waals surface area contributed by atoms with Crippen LogP contribution in [-0.4, -0.2) is 18.3 Å². The largest absolute Gasteiger partial charge is 0.396 e. The maximum absolute atomic E-state index is 8.55. The molecule has 1 aromatic rings. The molecule has 0 fully saturated rings. The van der Waals surface area contributed by atoms with Gasteiger partial charge in [0.05, 0.1) is 0 Å². The molecule has 1 rings (SSSR count). The van der Waals surface area contributed by atoms with Crippen molar-refractivity contribution in [1.82, 2.24) is 0 Å². The maximum Gasteiger partial charge on any atom is 0.0431 e. The van der Waals surface area contributed by atoms with Crippen molar-refractivity contribution >= 4 is 17.3 Å². The topological polar surface area (TPSA) is 32.3 Å². The van der Waals surface area contributed by atoms with Gasteiger partial charge in [0.1, 0.15) is 0 Å². The Morgan fingerprint density at radius 3 is 2.46 bits per heavy atom. The van der Waals surface area contributed by atoms with Gasteiger partial charge in [0.15, 0.2) is 0 Å². The molecule has 0 aliphatic heterocycles. The Labute approximate surface area is 83.5 Å². The molecule has 72 valence electrons. The molecule has 2 nitrogen and oxygen atoms in total. The molecule has 0 aromatic heterocycles. The first kappa shape index (κ1) is 10.4. The van der Waals surface area contributed by atoms with E-state index in [1.54, 1.807) is 0 Å². The monoisotopic (exact) mass is 199 g/mol. The van der Waals surface area contributed by atoms with Crippen LogP contribution in [-0.2, 0) is 0 Å². The van der Waals surface area contributed by atoms with Crippen molar-refractivity contribution in [2.45, 2.75) is 12.8 Å². The predicted octanol–water partition coefficient (Wildman–Crippen LogP) is 2.52. The van der Waals surface area contributed by atoms with Gasteiger partial charge in [-0.15, -0.1) is 0 Å². The van der Waals surface area contributed by atoms with Gasteiger partial charge in [-0.1, -0.05) is 11.6 Å². The molecule has 2 N–H and O–H groups in total. The maximum atomic E-state index is 8.55. The standard InChI is InChI=1S/C10H14ClNO/c11-9-3-5-10(6-4-9)12-7-1-2-8-13/h3-6,12-13H,1-2,7-8H2. The summed E-state index contributed by atoms with van der Waals surface area (Å²) in [5.74, 6) is 0. The summed E-state index contributed by atoms with van der Waals surface area (Å²) in [5.41, 5.74) is 1.07. The van der Waals surface area contributed by atoms with E-state index in [1.807, 2.05) is 24.3 Å². The van der Waals surface area contributed by atoms with E-state index in [-0.39, 0.29) is 6.61 Å². The van der Waals surface area contributed by atoms with Crippen LogP contribution in [0, 0.1) is 0 Å². The highest BCUT2D eigenvalue weighted by Gasteiger charge is 1.91. The summed E-state index contributed by atoms with van der Waals surface area (Å²) in [6, 6.07) is 7.61. The number of rotatable bonds is 5. The average molecular weight is 200 g/mol. The molecule has 0 amide bonds. The van der Waals surface area contributed by atoms with Crippen LogP contribution in [0.2, 0.25) is 5.02 Å². The van der Waals surface area contributed by atoms with E-state index in [1.165, 1.54) is 0 Å². The van der Waals surface area contributed by atoms with Gasteiger partial charge < -0.3 is 10.4 Å². The number of aliphatic hydroxyl groups is 1. The van der Waals surface area contributed by atoms with Gasteiger partial charge in [0.25, 0.3) is 0 Å². The fourth-order valence-electron chi connectivity index (χ4n) is 1.04. The Morgan fingerprint density at radius 2 is 1.85 bits per heavy atom. The highest BCUT2D eigenvalue weighted by Crippen LogP contribution is 2.13. The Kier molecular flexibility index (Phi) is 4.65. The lowest BCUT2D eigenvalue weighted by Gasteiger charge is -2.04. The minimum atomic E-state index is 0.266. The van der Waals surface area contributed by atoms with Gasteiger partial charge in [-0.2, -0.15) is 0 Å². The lowest BCUT2D eigenvalue weighted by atomic mass is 10.3. The number of benzene rings is 1. The molecule has 0 spiro atoms. The minimum absolute atomic E-state index is 0.266.